The third-order valence-corrected chi connectivity index (χ3v) is 4.35. The topological polar surface area (TPSA) is 48.4 Å². The number of halogens is 3. The summed E-state index contributed by atoms with van der Waals surface area (Å²) in [5.41, 5.74) is 0.0602. The van der Waals surface area contributed by atoms with Crippen LogP contribution in [0.5, 0.6) is 0 Å². The molecule has 0 N–H and O–H groups in total. The molecule has 2 heterocycles. The Morgan fingerprint density at radius 1 is 1.12 bits per heavy atom. The number of benzene rings is 1. The van der Waals surface area contributed by atoms with Gasteiger partial charge in [-0.2, -0.15) is 18.3 Å². The minimum Gasteiger partial charge on any atom is -0.442 e. The predicted molar refractivity (Wildman–Crippen MR) is 86.8 cm³/mol. The summed E-state index contributed by atoms with van der Waals surface area (Å²) in [4.78, 5) is 15.1. The van der Waals surface area contributed by atoms with Crippen LogP contribution < -0.4 is 4.90 Å². The van der Waals surface area contributed by atoms with E-state index in [0.29, 0.717) is 31.7 Å². The molecule has 3 rings (SSSR count). The molecule has 1 fully saturated rings. The maximum Gasteiger partial charge on any atom is 0.430 e. The van der Waals surface area contributed by atoms with Crippen LogP contribution in [0.15, 0.2) is 23.3 Å². The molecule has 2 aliphatic rings. The van der Waals surface area contributed by atoms with E-state index in [4.69, 9.17) is 4.74 Å². The first-order valence-corrected chi connectivity index (χ1v) is 7.89. The van der Waals surface area contributed by atoms with Gasteiger partial charge in [-0.15, -0.1) is 0 Å². The van der Waals surface area contributed by atoms with Crippen LogP contribution in [0.25, 0.3) is 0 Å². The molecule has 0 unspecified atom stereocenters. The molecule has 0 aromatic heterocycles. The van der Waals surface area contributed by atoms with Gasteiger partial charge in [0.1, 0.15) is 12.3 Å². The summed E-state index contributed by atoms with van der Waals surface area (Å²) in [6, 6.07) is 4.15. The van der Waals surface area contributed by atoms with Gasteiger partial charge in [0.25, 0.3) is 0 Å². The van der Waals surface area contributed by atoms with Crippen molar-refractivity contribution in [2.24, 2.45) is 5.10 Å². The number of piperazine rings is 1. The van der Waals surface area contributed by atoms with Crippen LogP contribution in [0.4, 0.5) is 23.7 Å². The van der Waals surface area contributed by atoms with E-state index in [2.05, 4.69) is 10.0 Å². The zero-order chi connectivity index (χ0) is 18.2. The quantitative estimate of drug-likeness (QED) is 0.816. The van der Waals surface area contributed by atoms with Crippen LogP contribution in [0, 0.1) is 0 Å². The monoisotopic (exact) mass is 356 g/mol. The van der Waals surface area contributed by atoms with Crippen LogP contribution in [0.1, 0.15) is 11.1 Å². The molecule has 0 radical (unpaired) electrons. The molecule has 0 spiro atoms. The molecule has 136 valence electrons. The van der Waals surface area contributed by atoms with Gasteiger partial charge in [-0.25, -0.2) is 9.80 Å². The van der Waals surface area contributed by atoms with Crippen molar-refractivity contribution in [3.05, 3.63) is 29.3 Å². The highest BCUT2D eigenvalue weighted by Crippen LogP contribution is 2.38. The summed E-state index contributed by atoms with van der Waals surface area (Å²) in [5.74, 6) is 0. The summed E-state index contributed by atoms with van der Waals surface area (Å²) < 4.78 is 45.7. The van der Waals surface area contributed by atoms with E-state index in [-0.39, 0.29) is 18.0 Å². The minimum absolute atomic E-state index is 0.145. The van der Waals surface area contributed by atoms with Gasteiger partial charge in [0.05, 0.1) is 5.56 Å². The standard InChI is InChI=1S/C16H19F3N4O2/c1-21-5-7-23(8-6-21)14-4-3-11(9-12(14)16(17,18)19)13-10-25-15(24)22(2)20-13/h3-4,9H,5-8,10H2,1-2H3. The van der Waals surface area contributed by atoms with Crippen molar-refractivity contribution in [2.75, 3.05) is 51.8 Å². The lowest BCUT2D eigenvalue weighted by atomic mass is 10.0. The number of carbonyl (C=O) groups is 1. The van der Waals surface area contributed by atoms with Gasteiger partial charge in [-0.05, 0) is 19.2 Å². The second-order valence-corrected chi connectivity index (χ2v) is 6.14. The number of carbonyl (C=O) groups excluding carboxylic acids is 1. The predicted octanol–water partition coefficient (Wildman–Crippen LogP) is 2.24. The van der Waals surface area contributed by atoms with Crippen LogP contribution >= 0.6 is 0 Å². The lowest BCUT2D eigenvalue weighted by Crippen LogP contribution is -2.45. The fourth-order valence-corrected chi connectivity index (χ4v) is 2.88. The van der Waals surface area contributed by atoms with Crippen molar-refractivity contribution in [3.8, 4) is 0 Å². The molecule has 1 amide bonds. The largest absolute Gasteiger partial charge is 0.442 e. The number of nitrogens with zero attached hydrogens (tertiary/aromatic N) is 4. The first kappa shape index (κ1) is 17.5. The average Bonchev–Trinajstić information content (AvgIpc) is 2.57. The number of cyclic esters (lactones) is 1. The van der Waals surface area contributed by atoms with E-state index in [1.54, 1.807) is 11.0 Å². The third-order valence-electron chi connectivity index (χ3n) is 4.35. The van der Waals surface area contributed by atoms with Crippen LogP contribution in [-0.4, -0.2) is 68.6 Å². The third kappa shape index (κ3) is 3.71. The van der Waals surface area contributed by atoms with Gasteiger partial charge in [-0.3, -0.25) is 0 Å². The lowest BCUT2D eigenvalue weighted by molar-refractivity contribution is -0.137. The van der Waals surface area contributed by atoms with Gasteiger partial charge in [0, 0.05) is 44.5 Å². The molecule has 2 aliphatic heterocycles. The summed E-state index contributed by atoms with van der Waals surface area (Å²) in [6.07, 6.45) is -5.11. The van der Waals surface area contributed by atoms with Crippen molar-refractivity contribution >= 4 is 17.5 Å². The van der Waals surface area contributed by atoms with E-state index in [1.807, 2.05) is 7.05 Å². The molecule has 0 saturated carbocycles. The summed E-state index contributed by atoms with van der Waals surface area (Å²) >= 11 is 0. The molecule has 1 saturated heterocycles. The number of likely N-dealkylation sites (N-methyl/N-ethyl adjacent to an activating group) is 1. The minimum atomic E-state index is -4.48. The van der Waals surface area contributed by atoms with Crippen molar-refractivity contribution in [1.29, 1.82) is 0 Å². The molecule has 1 aromatic carbocycles. The number of hydrogen-bond donors (Lipinski definition) is 0. The van der Waals surface area contributed by atoms with Gasteiger partial charge in [0.15, 0.2) is 0 Å². The molecule has 0 atom stereocenters. The first-order chi connectivity index (χ1) is 11.8. The number of hydrazone groups is 1. The summed E-state index contributed by atoms with van der Waals surface area (Å²) in [5, 5.41) is 4.97. The molecule has 25 heavy (non-hydrogen) atoms. The second-order valence-electron chi connectivity index (χ2n) is 6.14. The SMILES string of the molecule is CN1CCN(c2ccc(C3=NN(C)C(=O)OC3)cc2C(F)(F)F)CC1. The Hall–Kier alpha value is -2.29. The number of anilines is 1. The Balaban J connectivity index is 1.96. The van der Waals surface area contributed by atoms with Gasteiger partial charge < -0.3 is 14.5 Å². The Bertz CT molecular complexity index is 697. The lowest BCUT2D eigenvalue weighted by Gasteiger charge is -2.35. The fourth-order valence-electron chi connectivity index (χ4n) is 2.88. The number of alkyl halides is 3. The maximum atomic E-state index is 13.6. The zero-order valence-electron chi connectivity index (χ0n) is 14.0. The van der Waals surface area contributed by atoms with E-state index in [9.17, 15) is 18.0 Å². The summed E-state index contributed by atoms with van der Waals surface area (Å²) in [7, 11) is 3.34. The van der Waals surface area contributed by atoms with Crippen LogP contribution in [0.3, 0.4) is 0 Å². The number of rotatable bonds is 2. The van der Waals surface area contributed by atoms with E-state index in [1.165, 1.54) is 13.1 Å². The van der Waals surface area contributed by atoms with Gasteiger partial charge in [-0.1, -0.05) is 6.07 Å². The number of ether oxygens (including phenoxy) is 1. The van der Waals surface area contributed by atoms with Crippen molar-refractivity contribution < 1.29 is 22.7 Å². The molecule has 1 aromatic rings. The van der Waals surface area contributed by atoms with Gasteiger partial charge in [0.2, 0.25) is 0 Å². The van der Waals surface area contributed by atoms with Crippen molar-refractivity contribution in [1.82, 2.24) is 9.91 Å². The molecular weight excluding hydrogens is 337 g/mol. The Labute approximate surface area is 143 Å². The highest BCUT2D eigenvalue weighted by Gasteiger charge is 2.36. The number of amides is 1. The highest BCUT2D eigenvalue weighted by atomic mass is 19.4. The molecular formula is C16H19F3N4O2. The number of hydrogen-bond acceptors (Lipinski definition) is 5. The van der Waals surface area contributed by atoms with E-state index >= 15 is 0 Å². The van der Waals surface area contributed by atoms with E-state index < -0.39 is 17.8 Å². The molecule has 9 heteroatoms. The Kier molecular flexibility index (Phi) is 4.59. The fraction of sp³-hybridized carbons (Fsp3) is 0.500. The molecule has 6 nitrogen and oxygen atoms in total. The molecule has 0 aliphatic carbocycles. The average molecular weight is 356 g/mol. The van der Waals surface area contributed by atoms with Crippen LogP contribution in [-0.2, 0) is 10.9 Å². The molecule has 0 bridgehead atoms. The van der Waals surface area contributed by atoms with Crippen molar-refractivity contribution in [2.45, 2.75) is 6.18 Å². The normalized spacial score (nSPS) is 19.7. The first-order valence-electron chi connectivity index (χ1n) is 7.89. The Morgan fingerprint density at radius 3 is 2.40 bits per heavy atom. The Morgan fingerprint density at radius 2 is 1.80 bits per heavy atom. The van der Waals surface area contributed by atoms with Crippen molar-refractivity contribution in [3.63, 3.8) is 0 Å². The summed E-state index contributed by atoms with van der Waals surface area (Å²) in [6.45, 7) is 2.37. The second kappa shape index (κ2) is 6.55. The van der Waals surface area contributed by atoms with Gasteiger partial charge >= 0.3 is 12.3 Å². The highest BCUT2D eigenvalue weighted by molar-refractivity contribution is 6.04. The zero-order valence-corrected chi connectivity index (χ0v) is 14.0. The maximum absolute atomic E-state index is 13.6. The smallest absolute Gasteiger partial charge is 0.430 e. The van der Waals surface area contributed by atoms with Crippen LogP contribution in [0.2, 0.25) is 0 Å². The van der Waals surface area contributed by atoms with E-state index in [0.717, 1.165) is 11.1 Å².